The topological polar surface area (TPSA) is 69.7 Å². The van der Waals surface area contributed by atoms with Crippen LogP contribution in [0.25, 0.3) is 0 Å². The summed E-state index contributed by atoms with van der Waals surface area (Å²) in [5.74, 6) is -0.345. The van der Waals surface area contributed by atoms with E-state index in [4.69, 9.17) is 0 Å². The first-order chi connectivity index (χ1) is 15.1. The van der Waals surface area contributed by atoms with Crippen LogP contribution in [-0.4, -0.2) is 52.7 Å². The fraction of sp³-hybridized carbons (Fsp3) is 0.400. The average Bonchev–Trinajstić information content (AvgIpc) is 3.49. The first kappa shape index (κ1) is 21.1. The number of nitrogens with one attached hydrogen (secondary N) is 1. The minimum Gasteiger partial charge on any atom is -0.348 e. The fourth-order valence-electron chi connectivity index (χ4n) is 4.64. The van der Waals surface area contributed by atoms with Gasteiger partial charge < -0.3 is 15.1 Å². The lowest BCUT2D eigenvalue weighted by Crippen LogP contribution is -2.53. The lowest BCUT2D eigenvalue weighted by Gasteiger charge is -2.31. The second-order valence-electron chi connectivity index (χ2n) is 8.35. The summed E-state index contributed by atoms with van der Waals surface area (Å²) in [6.45, 7) is 3.08. The summed E-state index contributed by atoms with van der Waals surface area (Å²) in [4.78, 5) is 42.8. The Hall–Kier alpha value is -3.15. The molecule has 2 fully saturated rings. The van der Waals surface area contributed by atoms with Crippen molar-refractivity contribution in [2.45, 2.75) is 50.7 Å². The Kier molecular flexibility index (Phi) is 6.35. The standard InChI is InChI=1S/C25H29N3O3/c1-18(19-10-4-2-5-11-19)26-23(29)21-14-8-16-27(21)25(31)22-15-9-17-28(22)24(30)20-12-6-3-7-13-20/h2-7,10-13,18,21-22H,8-9,14-17H2,1H3,(H,26,29)/t18-,21-,22-/m0/s1. The molecule has 0 radical (unpaired) electrons. The molecule has 2 aromatic carbocycles. The van der Waals surface area contributed by atoms with E-state index in [0.717, 1.165) is 18.4 Å². The third kappa shape index (κ3) is 4.48. The van der Waals surface area contributed by atoms with Gasteiger partial charge in [-0.3, -0.25) is 14.4 Å². The van der Waals surface area contributed by atoms with E-state index in [-0.39, 0.29) is 23.8 Å². The summed E-state index contributed by atoms with van der Waals surface area (Å²) >= 11 is 0. The average molecular weight is 420 g/mol. The molecule has 0 aromatic heterocycles. The Bertz CT molecular complexity index is 932. The number of rotatable bonds is 5. The third-order valence-corrected chi connectivity index (χ3v) is 6.32. The predicted molar refractivity (Wildman–Crippen MR) is 118 cm³/mol. The Morgan fingerprint density at radius 3 is 2.10 bits per heavy atom. The number of amides is 3. The van der Waals surface area contributed by atoms with Crippen LogP contribution in [0, 0.1) is 0 Å². The fourth-order valence-corrected chi connectivity index (χ4v) is 4.64. The van der Waals surface area contributed by atoms with Gasteiger partial charge in [-0.05, 0) is 50.3 Å². The molecule has 4 rings (SSSR count). The zero-order valence-electron chi connectivity index (χ0n) is 17.9. The summed E-state index contributed by atoms with van der Waals surface area (Å²) in [7, 11) is 0. The molecule has 2 aromatic rings. The highest BCUT2D eigenvalue weighted by atomic mass is 16.2. The summed E-state index contributed by atoms with van der Waals surface area (Å²) in [5, 5.41) is 3.06. The van der Waals surface area contributed by atoms with Crippen LogP contribution in [0.4, 0.5) is 0 Å². The normalized spacial score (nSPS) is 21.7. The van der Waals surface area contributed by atoms with Gasteiger partial charge in [0.15, 0.2) is 0 Å². The summed E-state index contributed by atoms with van der Waals surface area (Å²) in [6.07, 6.45) is 2.88. The molecule has 0 saturated carbocycles. The molecule has 3 amide bonds. The molecule has 2 heterocycles. The quantitative estimate of drug-likeness (QED) is 0.809. The highest BCUT2D eigenvalue weighted by molar-refractivity contribution is 5.99. The molecule has 0 aliphatic carbocycles. The van der Waals surface area contributed by atoms with E-state index >= 15 is 0 Å². The van der Waals surface area contributed by atoms with Crippen molar-refractivity contribution >= 4 is 17.7 Å². The highest BCUT2D eigenvalue weighted by Crippen LogP contribution is 2.27. The zero-order valence-corrected chi connectivity index (χ0v) is 17.9. The van der Waals surface area contributed by atoms with Crippen molar-refractivity contribution < 1.29 is 14.4 Å². The van der Waals surface area contributed by atoms with Gasteiger partial charge in [-0.1, -0.05) is 48.5 Å². The predicted octanol–water partition coefficient (Wildman–Crippen LogP) is 3.16. The maximum Gasteiger partial charge on any atom is 0.254 e. The molecule has 31 heavy (non-hydrogen) atoms. The molecule has 2 aliphatic rings. The summed E-state index contributed by atoms with van der Waals surface area (Å²) in [6, 6.07) is 17.8. The number of carbonyl (C=O) groups excluding carboxylic acids is 3. The van der Waals surface area contributed by atoms with Gasteiger partial charge in [0.05, 0.1) is 6.04 Å². The molecule has 0 spiro atoms. The number of nitrogens with zero attached hydrogens (tertiary/aromatic N) is 2. The van der Waals surface area contributed by atoms with Gasteiger partial charge in [0, 0.05) is 18.7 Å². The largest absolute Gasteiger partial charge is 0.348 e. The van der Waals surface area contributed by atoms with Gasteiger partial charge >= 0.3 is 0 Å². The number of hydrogen-bond donors (Lipinski definition) is 1. The van der Waals surface area contributed by atoms with E-state index in [0.29, 0.717) is 31.5 Å². The van der Waals surface area contributed by atoms with Crippen LogP contribution in [0.3, 0.4) is 0 Å². The van der Waals surface area contributed by atoms with E-state index in [2.05, 4.69) is 5.32 Å². The molecule has 0 bridgehead atoms. The van der Waals surface area contributed by atoms with Crippen molar-refractivity contribution in [1.82, 2.24) is 15.1 Å². The monoisotopic (exact) mass is 419 g/mol. The Labute approximate surface area is 183 Å². The second kappa shape index (κ2) is 9.33. The van der Waals surface area contributed by atoms with E-state index < -0.39 is 12.1 Å². The Morgan fingerprint density at radius 2 is 1.42 bits per heavy atom. The number of carbonyl (C=O) groups is 3. The van der Waals surface area contributed by atoms with Gasteiger partial charge in [-0.2, -0.15) is 0 Å². The van der Waals surface area contributed by atoms with E-state index in [1.807, 2.05) is 55.5 Å². The smallest absolute Gasteiger partial charge is 0.254 e. The minimum atomic E-state index is -0.493. The molecule has 0 unspecified atom stereocenters. The van der Waals surface area contributed by atoms with Crippen LogP contribution in [0.5, 0.6) is 0 Å². The molecule has 3 atom stereocenters. The summed E-state index contributed by atoms with van der Waals surface area (Å²) in [5.41, 5.74) is 1.62. The highest BCUT2D eigenvalue weighted by Gasteiger charge is 2.42. The molecular weight excluding hydrogens is 390 g/mol. The van der Waals surface area contributed by atoms with E-state index in [1.54, 1.807) is 21.9 Å². The molecule has 6 nitrogen and oxygen atoms in total. The number of benzene rings is 2. The van der Waals surface area contributed by atoms with E-state index in [9.17, 15) is 14.4 Å². The molecule has 1 N–H and O–H groups in total. The van der Waals surface area contributed by atoms with Crippen molar-refractivity contribution in [2.24, 2.45) is 0 Å². The molecule has 2 saturated heterocycles. The van der Waals surface area contributed by atoms with Crippen molar-refractivity contribution in [2.75, 3.05) is 13.1 Å². The Balaban J connectivity index is 1.44. The van der Waals surface area contributed by atoms with Crippen LogP contribution in [0.1, 0.15) is 54.6 Å². The van der Waals surface area contributed by atoms with Crippen molar-refractivity contribution in [1.29, 1.82) is 0 Å². The maximum absolute atomic E-state index is 13.4. The number of likely N-dealkylation sites (tertiary alicyclic amines) is 2. The second-order valence-corrected chi connectivity index (χ2v) is 8.35. The summed E-state index contributed by atoms with van der Waals surface area (Å²) < 4.78 is 0. The van der Waals surface area contributed by atoms with Gasteiger partial charge in [0.25, 0.3) is 5.91 Å². The molecular formula is C25H29N3O3. The van der Waals surface area contributed by atoms with Gasteiger partial charge in [0.1, 0.15) is 12.1 Å². The van der Waals surface area contributed by atoms with Crippen LogP contribution < -0.4 is 5.32 Å². The SMILES string of the molecule is C[C@H](NC(=O)[C@@H]1CCCN1C(=O)[C@@H]1CCCN1C(=O)c1ccccc1)c1ccccc1. The van der Waals surface area contributed by atoms with Crippen LogP contribution in [-0.2, 0) is 9.59 Å². The first-order valence-corrected chi connectivity index (χ1v) is 11.1. The third-order valence-electron chi connectivity index (χ3n) is 6.32. The van der Waals surface area contributed by atoms with E-state index in [1.165, 1.54) is 0 Å². The van der Waals surface area contributed by atoms with Crippen LogP contribution >= 0.6 is 0 Å². The van der Waals surface area contributed by atoms with Crippen LogP contribution in [0.2, 0.25) is 0 Å². The first-order valence-electron chi connectivity index (χ1n) is 11.1. The number of hydrogen-bond acceptors (Lipinski definition) is 3. The Morgan fingerprint density at radius 1 is 0.839 bits per heavy atom. The molecule has 162 valence electrons. The van der Waals surface area contributed by atoms with Gasteiger partial charge in [-0.25, -0.2) is 0 Å². The molecule has 6 heteroatoms. The lowest BCUT2D eigenvalue weighted by atomic mass is 10.1. The zero-order chi connectivity index (χ0) is 21.8. The lowest BCUT2D eigenvalue weighted by molar-refractivity contribution is -0.141. The minimum absolute atomic E-state index is 0.105. The van der Waals surface area contributed by atoms with Gasteiger partial charge in [0.2, 0.25) is 11.8 Å². The van der Waals surface area contributed by atoms with Crippen molar-refractivity contribution in [3.05, 3.63) is 71.8 Å². The molecule has 2 aliphatic heterocycles. The van der Waals surface area contributed by atoms with Crippen molar-refractivity contribution in [3.8, 4) is 0 Å². The van der Waals surface area contributed by atoms with Crippen LogP contribution in [0.15, 0.2) is 60.7 Å². The van der Waals surface area contributed by atoms with Gasteiger partial charge in [-0.15, -0.1) is 0 Å². The van der Waals surface area contributed by atoms with Crippen molar-refractivity contribution in [3.63, 3.8) is 0 Å². The maximum atomic E-state index is 13.4.